The summed E-state index contributed by atoms with van der Waals surface area (Å²) in [7, 11) is 4.40. The maximum atomic E-state index is 6.09. The van der Waals surface area contributed by atoms with E-state index in [0.29, 0.717) is 0 Å². The third-order valence-corrected chi connectivity index (χ3v) is 5.63. The lowest BCUT2D eigenvalue weighted by molar-refractivity contribution is 0.0403. The first-order valence-corrected chi connectivity index (χ1v) is 8.06. The zero-order valence-electron chi connectivity index (χ0n) is 11.2. The third kappa shape index (κ3) is 3.14. The third-order valence-electron chi connectivity index (χ3n) is 3.95. The van der Waals surface area contributed by atoms with Crippen LogP contribution in [0.5, 0.6) is 0 Å². The van der Waals surface area contributed by atoms with Crippen LogP contribution in [0.3, 0.4) is 0 Å². The molecule has 1 aliphatic rings. The normalized spacial score (nSPS) is 25.8. The van der Waals surface area contributed by atoms with Gasteiger partial charge in [-0.15, -0.1) is 11.3 Å². The number of likely N-dealkylation sites (tertiary alicyclic amines) is 1. The standard InChI is InChI=1S/C13H22BrN3S/c1-16-5-3-4-13(9-15,10-16)17(2)7-12-6-11(14)8-18-12/h6,8H,3-5,7,9-10,15H2,1-2H3. The van der Waals surface area contributed by atoms with Gasteiger partial charge in [0.15, 0.2) is 0 Å². The molecule has 1 aromatic heterocycles. The van der Waals surface area contributed by atoms with Crippen molar-refractivity contribution in [2.45, 2.75) is 24.9 Å². The highest BCUT2D eigenvalue weighted by Crippen LogP contribution is 2.28. The van der Waals surface area contributed by atoms with Crippen molar-refractivity contribution in [3.05, 3.63) is 20.8 Å². The molecule has 3 nitrogen and oxygen atoms in total. The lowest BCUT2D eigenvalue weighted by Gasteiger charge is -2.47. The molecule has 0 spiro atoms. The first-order chi connectivity index (χ1) is 8.55. The van der Waals surface area contributed by atoms with E-state index < -0.39 is 0 Å². The van der Waals surface area contributed by atoms with Gasteiger partial charge in [0.05, 0.1) is 0 Å². The molecule has 5 heteroatoms. The van der Waals surface area contributed by atoms with Crippen LogP contribution in [0, 0.1) is 0 Å². The average Bonchev–Trinajstić information content (AvgIpc) is 2.74. The fourth-order valence-electron chi connectivity index (χ4n) is 2.81. The van der Waals surface area contributed by atoms with Gasteiger partial charge in [-0.2, -0.15) is 0 Å². The van der Waals surface area contributed by atoms with E-state index in [0.717, 1.165) is 19.6 Å². The van der Waals surface area contributed by atoms with E-state index in [9.17, 15) is 0 Å². The summed E-state index contributed by atoms with van der Waals surface area (Å²) < 4.78 is 1.18. The monoisotopic (exact) mass is 331 g/mol. The average molecular weight is 332 g/mol. The molecule has 0 aliphatic carbocycles. The molecule has 1 saturated heterocycles. The van der Waals surface area contributed by atoms with Crippen LogP contribution >= 0.6 is 27.3 Å². The van der Waals surface area contributed by atoms with E-state index in [2.05, 4.69) is 51.3 Å². The minimum atomic E-state index is 0.142. The fourth-order valence-corrected chi connectivity index (χ4v) is 4.31. The van der Waals surface area contributed by atoms with Crippen molar-refractivity contribution in [3.8, 4) is 0 Å². The second-order valence-corrected chi connectivity index (χ2v) is 7.27. The molecule has 1 atom stereocenters. The second kappa shape index (κ2) is 6.01. The molecule has 18 heavy (non-hydrogen) atoms. The van der Waals surface area contributed by atoms with Gasteiger partial charge in [-0.25, -0.2) is 0 Å². The van der Waals surface area contributed by atoms with Crippen LogP contribution in [0.25, 0.3) is 0 Å². The van der Waals surface area contributed by atoms with Crippen LogP contribution in [0.2, 0.25) is 0 Å². The molecule has 102 valence electrons. The van der Waals surface area contributed by atoms with Gasteiger partial charge >= 0.3 is 0 Å². The van der Waals surface area contributed by atoms with E-state index >= 15 is 0 Å². The van der Waals surface area contributed by atoms with Crippen LogP contribution in [-0.4, -0.2) is 49.1 Å². The summed E-state index contributed by atoms with van der Waals surface area (Å²) in [5, 5.41) is 2.14. The molecule has 0 radical (unpaired) electrons. The van der Waals surface area contributed by atoms with Gasteiger partial charge < -0.3 is 10.6 Å². The van der Waals surface area contributed by atoms with Gasteiger partial charge in [0.25, 0.3) is 0 Å². The minimum Gasteiger partial charge on any atom is -0.329 e. The van der Waals surface area contributed by atoms with Crippen LogP contribution in [-0.2, 0) is 6.54 Å². The number of hydrogen-bond donors (Lipinski definition) is 1. The Morgan fingerprint density at radius 1 is 1.61 bits per heavy atom. The van der Waals surface area contributed by atoms with Crippen LogP contribution in [0.4, 0.5) is 0 Å². The first-order valence-electron chi connectivity index (χ1n) is 6.38. The molecule has 1 aromatic rings. The van der Waals surface area contributed by atoms with Crippen LogP contribution in [0.1, 0.15) is 17.7 Å². The molecule has 0 saturated carbocycles. The van der Waals surface area contributed by atoms with Crippen molar-refractivity contribution in [1.29, 1.82) is 0 Å². The molecule has 2 rings (SSSR count). The summed E-state index contributed by atoms with van der Waals surface area (Å²) in [4.78, 5) is 6.24. The van der Waals surface area contributed by atoms with Crippen molar-refractivity contribution in [2.24, 2.45) is 5.73 Å². The number of nitrogens with zero attached hydrogens (tertiary/aromatic N) is 2. The number of piperidine rings is 1. The second-order valence-electron chi connectivity index (χ2n) is 5.36. The van der Waals surface area contributed by atoms with E-state index in [1.807, 2.05) is 11.3 Å². The first kappa shape index (κ1) is 14.5. The largest absolute Gasteiger partial charge is 0.329 e. The van der Waals surface area contributed by atoms with E-state index in [4.69, 9.17) is 5.73 Å². The fraction of sp³-hybridized carbons (Fsp3) is 0.692. The summed E-state index contributed by atoms with van der Waals surface area (Å²) >= 11 is 5.33. The van der Waals surface area contributed by atoms with Gasteiger partial charge in [0.1, 0.15) is 0 Å². The van der Waals surface area contributed by atoms with Crippen molar-refractivity contribution >= 4 is 27.3 Å². The SMILES string of the molecule is CN1CCCC(CN)(N(C)Cc2cc(Br)cs2)C1. The van der Waals surface area contributed by atoms with Gasteiger partial charge in [-0.1, -0.05) is 0 Å². The molecule has 1 unspecified atom stereocenters. The van der Waals surface area contributed by atoms with Gasteiger partial charge in [0.2, 0.25) is 0 Å². The molecule has 0 aromatic carbocycles. The topological polar surface area (TPSA) is 32.5 Å². The van der Waals surface area contributed by atoms with E-state index in [1.54, 1.807) is 0 Å². The van der Waals surface area contributed by atoms with Crippen molar-refractivity contribution < 1.29 is 0 Å². The number of rotatable bonds is 4. The summed E-state index contributed by atoms with van der Waals surface area (Å²) in [6.45, 7) is 3.99. The quantitative estimate of drug-likeness (QED) is 0.919. The number of thiophene rings is 1. The molecule has 1 fully saturated rings. The van der Waals surface area contributed by atoms with Crippen LogP contribution < -0.4 is 5.73 Å². The Morgan fingerprint density at radius 2 is 2.39 bits per heavy atom. The summed E-state index contributed by atoms with van der Waals surface area (Å²) in [6, 6.07) is 2.21. The molecule has 1 aliphatic heterocycles. The lowest BCUT2D eigenvalue weighted by Crippen LogP contribution is -2.60. The van der Waals surface area contributed by atoms with Gasteiger partial charge in [-0.05, 0) is 55.5 Å². The predicted octanol–water partition coefficient (Wildman–Crippen LogP) is 2.37. The number of likely N-dealkylation sites (N-methyl/N-ethyl adjacent to an activating group) is 2. The highest BCUT2D eigenvalue weighted by molar-refractivity contribution is 9.10. The molecule has 2 N–H and O–H groups in total. The van der Waals surface area contributed by atoms with Crippen molar-refractivity contribution in [1.82, 2.24) is 9.80 Å². The van der Waals surface area contributed by atoms with E-state index in [-0.39, 0.29) is 5.54 Å². The van der Waals surface area contributed by atoms with Crippen molar-refractivity contribution in [3.63, 3.8) is 0 Å². The Morgan fingerprint density at radius 3 is 2.94 bits per heavy atom. The maximum Gasteiger partial charge on any atom is 0.0459 e. The minimum absolute atomic E-state index is 0.142. The maximum absolute atomic E-state index is 6.09. The van der Waals surface area contributed by atoms with E-state index in [1.165, 1.54) is 28.7 Å². The highest BCUT2D eigenvalue weighted by atomic mass is 79.9. The summed E-state index contributed by atoms with van der Waals surface area (Å²) in [5.41, 5.74) is 6.23. The lowest BCUT2D eigenvalue weighted by atomic mass is 9.87. The Hall–Kier alpha value is 0.0600. The highest BCUT2D eigenvalue weighted by Gasteiger charge is 2.36. The molecular formula is C13H22BrN3S. The number of nitrogens with two attached hydrogens (primary N) is 1. The van der Waals surface area contributed by atoms with Gasteiger partial charge in [-0.3, -0.25) is 4.90 Å². The van der Waals surface area contributed by atoms with Crippen molar-refractivity contribution in [2.75, 3.05) is 33.7 Å². The summed E-state index contributed by atoms with van der Waals surface area (Å²) in [6.07, 6.45) is 2.45. The molecule has 0 amide bonds. The predicted molar refractivity (Wildman–Crippen MR) is 82.0 cm³/mol. The molecule has 0 bridgehead atoms. The smallest absolute Gasteiger partial charge is 0.0459 e. The molecule has 2 heterocycles. The zero-order chi connectivity index (χ0) is 13.2. The Kier molecular flexibility index (Phi) is 4.83. The summed E-state index contributed by atoms with van der Waals surface area (Å²) in [5.74, 6) is 0. The number of hydrogen-bond acceptors (Lipinski definition) is 4. The molecular weight excluding hydrogens is 310 g/mol. The Bertz CT molecular complexity index is 395. The number of halogens is 1. The zero-order valence-corrected chi connectivity index (χ0v) is 13.6. The Labute approximate surface area is 122 Å². The van der Waals surface area contributed by atoms with Gasteiger partial charge in [0, 0.05) is 39.9 Å². The van der Waals surface area contributed by atoms with Crippen LogP contribution in [0.15, 0.2) is 15.9 Å². The Balaban J connectivity index is 2.07.